The molecule has 16 heavy (non-hydrogen) atoms. The summed E-state index contributed by atoms with van der Waals surface area (Å²) in [6.07, 6.45) is -1.30. The Hall–Kier alpha value is -2.10. The molecule has 0 amide bonds. The minimum absolute atomic E-state index is 0.275. The molecular weight excluding hydrogens is 208 g/mol. The van der Waals surface area contributed by atoms with E-state index in [1.54, 1.807) is 30.3 Å². The Bertz CT molecular complexity index is 394. The maximum absolute atomic E-state index is 11.5. The smallest absolute Gasteiger partial charge is 0.349 e. The van der Waals surface area contributed by atoms with Crippen molar-refractivity contribution in [3.63, 3.8) is 0 Å². The zero-order chi connectivity index (χ0) is 12.1. The van der Waals surface area contributed by atoms with Crippen LogP contribution in [0.1, 0.15) is 17.3 Å². The zero-order valence-electron chi connectivity index (χ0n) is 8.84. The van der Waals surface area contributed by atoms with E-state index in [-0.39, 0.29) is 5.57 Å². The predicted octanol–water partition coefficient (Wildman–Crippen LogP) is 1.87. The van der Waals surface area contributed by atoms with Crippen LogP contribution in [-0.4, -0.2) is 23.1 Å². The lowest BCUT2D eigenvalue weighted by Crippen LogP contribution is -2.27. The van der Waals surface area contributed by atoms with E-state index >= 15 is 0 Å². The minimum Gasteiger partial charge on any atom is -0.478 e. The number of carbonyl (C=O) groups is 2. The van der Waals surface area contributed by atoms with Crippen molar-refractivity contribution in [2.45, 2.75) is 13.0 Å². The van der Waals surface area contributed by atoms with Gasteiger partial charge in [0.15, 0.2) is 0 Å². The number of carbonyl (C=O) groups excluding carboxylic acids is 1. The highest BCUT2D eigenvalue weighted by Gasteiger charge is 2.23. The number of esters is 1. The lowest BCUT2D eigenvalue weighted by Gasteiger charge is -2.13. The second kappa shape index (κ2) is 5.11. The maximum Gasteiger partial charge on any atom is 0.349 e. The van der Waals surface area contributed by atoms with Gasteiger partial charge in [0.25, 0.3) is 0 Å². The first kappa shape index (κ1) is 12.0. The number of carboxylic acid groups (broad SMARTS) is 1. The van der Waals surface area contributed by atoms with Gasteiger partial charge in [-0.1, -0.05) is 24.8 Å². The van der Waals surface area contributed by atoms with E-state index in [2.05, 4.69) is 6.58 Å². The van der Waals surface area contributed by atoms with Crippen LogP contribution in [0.5, 0.6) is 0 Å². The van der Waals surface area contributed by atoms with Crippen molar-refractivity contribution >= 4 is 11.9 Å². The molecule has 1 rings (SSSR count). The van der Waals surface area contributed by atoms with Gasteiger partial charge in [-0.15, -0.1) is 0 Å². The number of hydrogen-bond acceptors (Lipinski definition) is 3. The number of hydrogen-bond donors (Lipinski definition) is 1. The number of rotatable bonds is 4. The summed E-state index contributed by atoms with van der Waals surface area (Å²) in [6, 6.07) is 8.21. The van der Waals surface area contributed by atoms with Gasteiger partial charge in [0.1, 0.15) is 0 Å². The molecule has 1 N–H and O–H groups in total. The highest BCUT2D eigenvalue weighted by Crippen LogP contribution is 2.09. The normalized spacial score (nSPS) is 11.6. The van der Waals surface area contributed by atoms with Crippen LogP contribution < -0.4 is 0 Å². The summed E-state index contributed by atoms with van der Waals surface area (Å²) in [7, 11) is 0. The molecule has 1 atom stereocenters. The van der Waals surface area contributed by atoms with Crippen LogP contribution in [0.4, 0.5) is 0 Å². The van der Waals surface area contributed by atoms with Gasteiger partial charge in [-0.05, 0) is 24.6 Å². The molecule has 84 valence electrons. The first-order chi connectivity index (χ1) is 7.52. The third-order valence-corrected chi connectivity index (χ3v) is 1.91. The fourth-order valence-electron chi connectivity index (χ4n) is 1.11. The van der Waals surface area contributed by atoms with Gasteiger partial charge >= 0.3 is 11.9 Å². The number of ether oxygens (including phenoxy) is 1. The Morgan fingerprint density at radius 1 is 1.31 bits per heavy atom. The Balaban J connectivity index is 2.77. The minimum atomic E-state index is -1.30. The topological polar surface area (TPSA) is 63.6 Å². The molecule has 0 aliphatic heterocycles. The highest BCUT2D eigenvalue weighted by atomic mass is 16.6. The summed E-state index contributed by atoms with van der Waals surface area (Å²) in [5.41, 5.74) is 0.590. The molecule has 0 saturated carbocycles. The quantitative estimate of drug-likeness (QED) is 0.621. The number of aliphatic carboxylic acids is 1. The van der Waals surface area contributed by atoms with Gasteiger partial charge in [-0.2, -0.15) is 0 Å². The summed E-state index contributed by atoms with van der Waals surface area (Å²) in [6.45, 7) is 4.96. The highest BCUT2D eigenvalue weighted by molar-refractivity contribution is 5.91. The fourth-order valence-corrected chi connectivity index (χ4v) is 1.11. The van der Waals surface area contributed by atoms with E-state index in [0.717, 1.165) is 0 Å². The van der Waals surface area contributed by atoms with Crippen LogP contribution >= 0.6 is 0 Å². The monoisotopic (exact) mass is 220 g/mol. The lowest BCUT2D eigenvalue weighted by molar-refractivity contribution is -0.145. The van der Waals surface area contributed by atoms with E-state index in [9.17, 15) is 9.59 Å². The van der Waals surface area contributed by atoms with Crippen LogP contribution in [0.2, 0.25) is 0 Å². The molecule has 4 nitrogen and oxygen atoms in total. The number of carboxylic acids is 1. The molecule has 0 heterocycles. The van der Waals surface area contributed by atoms with Crippen molar-refractivity contribution in [2.75, 3.05) is 0 Å². The molecule has 0 fully saturated rings. The summed E-state index contributed by atoms with van der Waals surface area (Å²) < 4.78 is 4.82. The largest absolute Gasteiger partial charge is 0.478 e. The van der Waals surface area contributed by atoms with Gasteiger partial charge < -0.3 is 9.84 Å². The van der Waals surface area contributed by atoms with Crippen molar-refractivity contribution in [3.8, 4) is 0 Å². The molecule has 0 aliphatic carbocycles. The molecule has 1 aromatic carbocycles. The standard InChI is InChI=1S/C12H12O4/c1-8(2)10(11(13)14)16-12(15)9-6-4-3-5-7-9/h3-7,10H,1H2,2H3,(H,13,14). The Labute approximate surface area is 93.2 Å². The van der Waals surface area contributed by atoms with Crippen LogP contribution in [0.3, 0.4) is 0 Å². The van der Waals surface area contributed by atoms with Crippen molar-refractivity contribution in [1.82, 2.24) is 0 Å². The van der Waals surface area contributed by atoms with E-state index < -0.39 is 18.0 Å². The van der Waals surface area contributed by atoms with Gasteiger partial charge in [0.05, 0.1) is 5.56 Å². The Kier molecular flexibility index (Phi) is 3.83. The van der Waals surface area contributed by atoms with Crippen LogP contribution in [0, 0.1) is 0 Å². The van der Waals surface area contributed by atoms with Crippen LogP contribution in [-0.2, 0) is 9.53 Å². The molecule has 1 unspecified atom stereocenters. The Morgan fingerprint density at radius 3 is 2.31 bits per heavy atom. The van der Waals surface area contributed by atoms with Crippen LogP contribution in [0.25, 0.3) is 0 Å². The molecular formula is C12H12O4. The summed E-state index contributed by atoms with van der Waals surface area (Å²) in [4.78, 5) is 22.3. The Morgan fingerprint density at radius 2 is 1.88 bits per heavy atom. The molecule has 0 aromatic heterocycles. The first-order valence-electron chi connectivity index (χ1n) is 4.66. The lowest BCUT2D eigenvalue weighted by atomic mass is 10.2. The second-order valence-electron chi connectivity index (χ2n) is 3.34. The predicted molar refractivity (Wildman–Crippen MR) is 58.1 cm³/mol. The van der Waals surface area contributed by atoms with Gasteiger partial charge in [0.2, 0.25) is 6.10 Å². The molecule has 0 radical (unpaired) electrons. The molecule has 1 aromatic rings. The third kappa shape index (κ3) is 2.95. The van der Waals surface area contributed by atoms with Crippen molar-refractivity contribution in [3.05, 3.63) is 48.0 Å². The first-order valence-corrected chi connectivity index (χ1v) is 4.66. The third-order valence-electron chi connectivity index (χ3n) is 1.91. The molecule has 0 aliphatic rings. The van der Waals surface area contributed by atoms with E-state index in [1.807, 2.05) is 0 Å². The number of benzene rings is 1. The summed E-state index contributed by atoms with van der Waals surface area (Å²) >= 11 is 0. The molecule has 4 heteroatoms. The van der Waals surface area contributed by atoms with E-state index in [0.29, 0.717) is 5.56 Å². The van der Waals surface area contributed by atoms with Gasteiger partial charge in [0, 0.05) is 0 Å². The fraction of sp³-hybridized carbons (Fsp3) is 0.167. The van der Waals surface area contributed by atoms with E-state index in [1.165, 1.54) is 6.92 Å². The van der Waals surface area contributed by atoms with Crippen molar-refractivity contribution < 1.29 is 19.4 Å². The van der Waals surface area contributed by atoms with Crippen molar-refractivity contribution in [2.24, 2.45) is 0 Å². The molecule has 0 saturated heterocycles. The van der Waals surface area contributed by atoms with Gasteiger partial charge in [-0.25, -0.2) is 9.59 Å². The van der Waals surface area contributed by atoms with E-state index in [4.69, 9.17) is 9.84 Å². The van der Waals surface area contributed by atoms with Crippen LogP contribution in [0.15, 0.2) is 42.5 Å². The molecule has 0 bridgehead atoms. The SMILES string of the molecule is C=C(C)C(OC(=O)c1ccccc1)C(=O)O. The maximum atomic E-state index is 11.5. The average molecular weight is 220 g/mol. The van der Waals surface area contributed by atoms with Gasteiger partial charge in [-0.3, -0.25) is 0 Å². The van der Waals surface area contributed by atoms with Crippen molar-refractivity contribution in [1.29, 1.82) is 0 Å². The second-order valence-corrected chi connectivity index (χ2v) is 3.34. The zero-order valence-corrected chi connectivity index (χ0v) is 8.84. The average Bonchev–Trinajstić information content (AvgIpc) is 2.25. The summed E-state index contributed by atoms with van der Waals surface area (Å²) in [5.74, 6) is -1.90. The molecule has 0 spiro atoms. The summed E-state index contributed by atoms with van der Waals surface area (Å²) in [5, 5.41) is 8.80.